The molecule has 0 spiro atoms. The first-order chi connectivity index (χ1) is 11.6. The molecule has 0 aromatic heterocycles. The molecule has 1 heterocycles. The Kier molecular flexibility index (Phi) is 5.93. The van der Waals surface area contributed by atoms with Gasteiger partial charge in [-0.1, -0.05) is 48.5 Å². The highest BCUT2D eigenvalue weighted by atomic mass is 35.5. The number of benzene rings is 2. The van der Waals surface area contributed by atoms with Crippen LogP contribution in [0.2, 0.25) is 0 Å². The molecular formula is C19H18ClNO4. The lowest BCUT2D eigenvalue weighted by Gasteiger charge is -2.17. The fourth-order valence-corrected chi connectivity index (χ4v) is 2.93. The lowest BCUT2D eigenvalue weighted by Crippen LogP contribution is -2.31. The second-order valence-electron chi connectivity index (χ2n) is 5.82. The van der Waals surface area contributed by atoms with Crippen molar-refractivity contribution in [2.45, 2.75) is 6.42 Å². The van der Waals surface area contributed by atoms with E-state index in [4.69, 9.17) is 5.11 Å². The standard InChI is InChI=1S/C19H17NO4.ClH/c21-17(13-6-2-1-3-7-13)15-8-4-5-9-16(15)18(22)20-11-10-14(12-20)19(23)24;/h1-9,14H,10-12H2,(H,23,24);1H. The van der Waals surface area contributed by atoms with Crippen LogP contribution in [0.4, 0.5) is 0 Å². The second-order valence-corrected chi connectivity index (χ2v) is 5.82. The molecule has 2 aromatic rings. The van der Waals surface area contributed by atoms with Gasteiger partial charge in [-0.05, 0) is 12.5 Å². The molecular weight excluding hydrogens is 342 g/mol. The molecule has 5 nitrogen and oxygen atoms in total. The highest BCUT2D eigenvalue weighted by Gasteiger charge is 2.32. The van der Waals surface area contributed by atoms with Gasteiger partial charge in [0.05, 0.1) is 11.5 Å². The zero-order valence-corrected chi connectivity index (χ0v) is 14.2. The normalized spacial score (nSPS) is 16.2. The molecule has 0 bridgehead atoms. The van der Waals surface area contributed by atoms with Gasteiger partial charge in [0, 0.05) is 24.2 Å². The van der Waals surface area contributed by atoms with Crippen LogP contribution in [0.1, 0.15) is 32.7 Å². The molecule has 1 saturated heterocycles. The Morgan fingerprint density at radius 2 is 1.52 bits per heavy atom. The third-order valence-corrected chi connectivity index (χ3v) is 4.26. The molecule has 25 heavy (non-hydrogen) atoms. The minimum atomic E-state index is -0.890. The van der Waals surface area contributed by atoms with Gasteiger partial charge in [-0.15, -0.1) is 12.4 Å². The first kappa shape index (κ1) is 18.7. The maximum atomic E-state index is 12.8. The number of hydrogen-bond donors (Lipinski definition) is 1. The predicted molar refractivity (Wildman–Crippen MR) is 95.2 cm³/mol. The van der Waals surface area contributed by atoms with Gasteiger partial charge in [-0.25, -0.2) is 0 Å². The minimum Gasteiger partial charge on any atom is -0.481 e. The number of ketones is 1. The molecule has 2 aromatic carbocycles. The smallest absolute Gasteiger partial charge is 0.308 e. The summed E-state index contributed by atoms with van der Waals surface area (Å²) in [5.41, 5.74) is 1.17. The van der Waals surface area contributed by atoms with Crippen molar-refractivity contribution in [3.8, 4) is 0 Å². The molecule has 130 valence electrons. The highest BCUT2D eigenvalue weighted by Crippen LogP contribution is 2.22. The molecule has 1 N–H and O–H groups in total. The lowest BCUT2D eigenvalue weighted by molar-refractivity contribution is -0.141. The Hall–Kier alpha value is -2.66. The minimum absolute atomic E-state index is 0. The Bertz CT molecular complexity index is 791. The van der Waals surface area contributed by atoms with Crippen LogP contribution in [0.25, 0.3) is 0 Å². The van der Waals surface area contributed by atoms with Crippen molar-refractivity contribution in [2.24, 2.45) is 5.92 Å². The van der Waals surface area contributed by atoms with E-state index in [9.17, 15) is 14.4 Å². The largest absolute Gasteiger partial charge is 0.481 e. The van der Waals surface area contributed by atoms with E-state index in [1.165, 1.54) is 4.90 Å². The molecule has 1 aliphatic rings. The lowest BCUT2D eigenvalue weighted by atomic mass is 9.97. The molecule has 1 aliphatic heterocycles. The molecule has 1 fully saturated rings. The molecule has 0 aliphatic carbocycles. The third kappa shape index (κ3) is 3.88. The predicted octanol–water partition coefficient (Wildman–Crippen LogP) is 2.89. The van der Waals surface area contributed by atoms with Crippen molar-refractivity contribution >= 4 is 30.1 Å². The van der Waals surface area contributed by atoms with Gasteiger partial charge in [0.2, 0.25) is 0 Å². The van der Waals surface area contributed by atoms with Crippen LogP contribution in [0.15, 0.2) is 54.6 Å². The summed E-state index contributed by atoms with van der Waals surface area (Å²) in [6.07, 6.45) is 0.440. The summed E-state index contributed by atoms with van der Waals surface area (Å²) in [5, 5.41) is 9.08. The van der Waals surface area contributed by atoms with E-state index in [0.717, 1.165) is 0 Å². The van der Waals surface area contributed by atoms with Crippen molar-refractivity contribution in [3.05, 3.63) is 71.3 Å². The number of aliphatic carboxylic acids is 1. The third-order valence-electron chi connectivity index (χ3n) is 4.26. The van der Waals surface area contributed by atoms with Crippen LogP contribution < -0.4 is 0 Å². The maximum Gasteiger partial charge on any atom is 0.308 e. The van der Waals surface area contributed by atoms with Crippen molar-refractivity contribution in [1.82, 2.24) is 4.90 Å². The van der Waals surface area contributed by atoms with Crippen LogP contribution in [-0.4, -0.2) is 40.8 Å². The van der Waals surface area contributed by atoms with E-state index in [-0.39, 0.29) is 30.6 Å². The number of carboxylic acid groups (broad SMARTS) is 1. The van der Waals surface area contributed by atoms with Crippen molar-refractivity contribution in [2.75, 3.05) is 13.1 Å². The van der Waals surface area contributed by atoms with Crippen LogP contribution in [0, 0.1) is 5.92 Å². The molecule has 0 radical (unpaired) electrons. The van der Waals surface area contributed by atoms with Gasteiger partial charge in [0.1, 0.15) is 0 Å². The van der Waals surface area contributed by atoms with Crippen molar-refractivity contribution in [3.63, 3.8) is 0 Å². The van der Waals surface area contributed by atoms with E-state index in [0.29, 0.717) is 29.7 Å². The summed E-state index contributed by atoms with van der Waals surface area (Å²) >= 11 is 0. The summed E-state index contributed by atoms with van der Waals surface area (Å²) in [7, 11) is 0. The van der Waals surface area contributed by atoms with Crippen LogP contribution in [-0.2, 0) is 4.79 Å². The summed E-state index contributed by atoms with van der Waals surface area (Å²) in [4.78, 5) is 38.0. The molecule has 1 amide bonds. The maximum absolute atomic E-state index is 12.8. The summed E-state index contributed by atoms with van der Waals surface area (Å²) in [6.45, 7) is 0.575. The fourth-order valence-electron chi connectivity index (χ4n) is 2.93. The second kappa shape index (κ2) is 7.94. The van der Waals surface area contributed by atoms with Crippen LogP contribution in [0.5, 0.6) is 0 Å². The van der Waals surface area contributed by atoms with E-state index in [2.05, 4.69) is 0 Å². The van der Waals surface area contributed by atoms with Gasteiger partial charge in [-0.2, -0.15) is 0 Å². The Morgan fingerprint density at radius 1 is 0.920 bits per heavy atom. The van der Waals surface area contributed by atoms with E-state index in [1.54, 1.807) is 48.5 Å². The number of halogens is 1. The van der Waals surface area contributed by atoms with Gasteiger partial charge >= 0.3 is 5.97 Å². The number of hydrogen-bond acceptors (Lipinski definition) is 3. The van der Waals surface area contributed by atoms with Crippen molar-refractivity contribution < 1.29 is 19.5 Å². The van der Waals surface area contributed by atoms with E-state index >= 15 is 0 Å². The summed E-state index contributed by atoms with van der Waals surface area (Å²) in [6, 6.07) is 15.5. The van der Waals surface area contributed by atoms with Gasteiger partial charge in [-0.3, -0.25) is 14.4 Å². The fraction of sp³-hybridized carbons (Fsp3) is 0.211. The average Bonchev–Trinajstić information content (AvgIpc) is 3.12. The monoisotopic (exact) mass is 359 g/mol. The number of rotatable bonds is 4. The topological polar surface area (TPSA) is 74.7 Å². The van der Waals surface area contributed by atoms with Crippen LogP contribution in [0.3, 0.4) is 0 Å². The van der Waals surface area contributed by atoms with Gasteiger partial charge < -0.3 is 10.0 Å². The molecule has 3 rings (SSSR count). The Morgan fingerprint density at radius 3 is 2.12 bits per heavy atom. The quantitative estimate of drug-likeness (QED) is 0.852. The van der Waals surface area contributed by atoms with E-state index in [1.807, 2.05) is 6.07 Å². The Labute approximate surface area is 151 Å². The number of nitrogens with zero attached hydrogens (tertiary/aromatic N) is 1. The molecule has 0 saturated carbocycles. The number of carboxylic acids is 1. The van der Waals surface area contributed by atoms with E-state index < -0.39 is 11.9 Å². The zero-order valence-electron chi connectivity index (χ0n) is 13.4. The first-order valence-corrected chi connectivity index (χ1v) is 7.79. The SMILES string of the molecule is Cl.O=C(c1ccccc1)c1ccccc1C(=O)N1CCC(C(=O)O)C1. The number of carbonyl (C=O) groups excluding carboxylic acids is 2. The number of carbonyl (C=O) groups is 3. The Balaban J connectivity index is 0.00000225. The summed E-state index contributed by atoms with van der Waals surface area (Å²) in [5.74, 6) is -1.93. The summed E-state index contributed by atoms with van der Waals surface area (Å²) < 4.78 is 0. The molecule has 1 atom stereocenters. The zero-order chi connectivity index (χ0) is 17.1. The number of likely N-dealkylation sites (tertiary alicyclic amines) is 1. The number of amides is 1. The van der Waals surface area contributed by atoms with Crippen molar-refractivity contribution in [1.29, 1.82) is 0 Å². The van der Waals surface area contributed by atoms with Gasteiger partial charge in [0.25, 0.3) is 5.91 Å². The molecule has 1 unspecified atom stereocenters. The first-order valence-electron chi connectivity index (χ1n) is 7.79. The van der Waals surface area contributed by atoms with Gasteiger partial charge in [0.15, 0.2) is 5.78 Å². The highest BCUT2D eigenvalue weighted by molar-refractivity contribution is 6.15. The van der Waals surface area contributed by atoms with Crippen LogP contribution >= 0.6 is 12.4 Å². The molecule has 6 heteroatoms. The average molecular weight is 360 g/mol.